The molecule has 2 aromatic carbocycles. The first-order chi connectivity index (χ1) is 13.0. The molecule has 0 spiro atoms. The lowest BCUT2D eigenvalue weighted by Gasteiger charge is -2.05. The summed E-state index contributed by atoms with van der Waals surface area (Å²) in [6, 6.07) is 16.0. The summed E-state index contributed by atoms with van der Waals surface area (Å²) in [6.07, 6.45) is 1.65. The zero-order valence-electron chi connectivity index (χ0n) is 14.3. The first kappa shape index (κ1) is 17.4. The Bertz CT molecular complexity index is 1160. The maximum atomic E-state index is 12.5. The highest BCUT2D eigenvalue weighted by Gasteiger charge is 2.17. The monoisotopic (exact) mass is 397 g/mol. The predicted octanol–water partition coefficient (Wildman–Crippen LogP) is 4.57. The molecule has 2 aromatic heterocycles. The molecule has 0 atom stereocenters. The van der Waals surface area contributed by atoms with Crippen molar-refractivity contribution >= 4 is 26.5 Å². The summed E-state index contributed by atoms with van der Waals surface area (Å²) in [7, 11) is -3.69. The highest BCUT2D eigenvalue weighted by molar-refractivity contribution is 7.93. The summed E-state index contributed by atoms with van der Waals surface area (Å²) in [6.45, 7) is 1.81. The van der Waals surface area contributed by atoms with E-state index in [-0.39, 0.29) is 4.90 Å². The van der Waals surface area contributed by atoms with Crippen LogP contribution in [0.1, 0.15) is 5.69 Å². The van der Waals surface area contributed by atoms with Crippen molar-refractivity contribution in [3.63, 3.8) is 0 Å². The molecule has 2 heterocycles. The largest absolute Gasteiger partial charge is 0.436 e. The van der Waals surface area contributed by atoms with Crippen LogP contribution < -0.4 is 4.72 Å². The van der Waals surface area contributed by atoms with Crippen LogP contribution in [0.3, 0.4) is 0 Å². The maximum Gasteiger partial charge on any atom is 0.263 e. The molecule has 0 aliphatic rings. The quantitative estimate of drug-likeness (QED) is 0.533. The lowest BCUT2D eigenvalue weighted by molar-refractivity contribution is 0.588. The number of anilines is 1. The Morgan fingerprint density at radius 3 is 2.41 bits per heavy atom. The fraction of sp³-hybridized carbons (Fsp3) is 0.0526. The van der Waals surface area contributed by atoms with Crippen LogP contribution in [0.15, 0.2) is 75.5 Å². The van der Waals surface area contributed by atoms with Crippen molar-refractivity contribution in [2.75, 3.05) is 4.72 Å². The van der Waals surface area contributed by atoms with E-state index < -0.39 is 10.0 Å². The van der Waals surface area contributed by atoms with E-state index in [0.717, 1.165) is 11.3 Å². The van der Waals surface area contributed by atoms with Crippen LogP contribution in [0.2, 0.25) is 0 Å². The maximum absolute atomic E-state index is 12.5. The fourth-order valence-corrected chi connectivity index (χ4v) is 4.44. The highest BCUT2D eigenvalue weighted by Crippen LogP contribution is 2.27. The summed E-state index contributed by atoms with van der Waals surface area (Å²) < 4.78 is 33.2. The highest BCUT2D eigenvalue weighted by atomic mass is 32.2. The van der Waals surface area contributed by atoms with Crippen LogP contribution in [0, 0.1) is 6.92 Å². The molecule has 0 unspecified atom stereocenters. The number of thiazole rings is 1. The van der Waals surface area contributed by atoms with Gasteiger partial charge in [-0.3, -0.25) is 4.72 Å². The number of hydrogen-bond acceptors (Lipinski definition) is 6. The van der Waals surface area contributed by atoms with Gasteiger partial charge in [-0.1, -0.05) is 30.3 Å². The molecule has 1 N–H and O–H groups in total. The van der Waals surface area contributed by atoms with Crippen molar-refractivity contribution in [3.8, 4) is 22.8 Å². The van der Waals surface area contributed by atoms with Crippen molar-refractivity contribution < 1.29 is 12.8 Å². The summed E-state index contributed by atoms with van der Waals surface area (Å²) >= 11 is 1.25. The average Bonchev–Trinajstić information content (AvgIpc) is 3.32. The van der Waals surface area contributed by atoms with Crippen LogP contribution in [-0.2, 0) is 10.0 Å². The SMILES string of the molecule is Cc1csc(NS(=O)(=O)c2ccc(-c3ncc(-c4ccccc4)o3)cc2)n1. The molecule has 0 fully saturated rings. The standard InChI is InChI=1S/C19H15N3O3S2/c1-13-12-26-19(21-13)22-27(23,24)16-9-7-15(8-10-16)18-20-11-17(25-18)14-5-3-2-4-6-14/h2-12H,1H3,(H,21,22). The Kier molecular flexibility index (Phi) is 4.51. The molecule has 0 saturated heterocycles. The van der Waals surface area contributed by atoms with Gasteiger partial charge >= 0.3 is 0 Å². The Morgan fingerprint density at radius 2 is 1.74 bits per heavy atom. The van der Waals surface area contributed by atoms with Gasteiger partial charge in [-0.15, -0.1) is 11.3 Å². The van der Waals surface area contributed by atoms with Gasteiger partial charge in [0.25, 0.3) is 10.0 Å². The molecule has 136 valence electrons. The molecule has 0 amide bonds. The molecule has 8 heteroatoms. The van der Waals surface area contributed by atoms with E-state index in [4.69, 9.17) is 4.42 Å². The summed E-state index contributed by atoms with van der Waals surface area (Å²) in [5.41, 5.74) is 2.39. The van der Waals surface area contributed by atoms with Gasteiger partial charge in [0.05, 0.1) is 16.8 Å². The lowest BCUT2D eigenvalue weighted by Crippen LogP contribution is -2.12. The van der Waals surface area contributed by atoms with Crippen molar-refractivity contribution in [3.05, 3.63) is 71.9 Å². The van der Waals surface area contributed by atoms with E-state index in [1.165, 1.54) is 23.5 Å². The zero-order chi connectivity index (χ0) is 18.9. The van der Waals surface area contributed by atoms with Gasteiger partial charge in [-0.05, 0) is 31.2 Å². The number of sulfonamides is 1. The topological polar surface area (TPSA) is 85.1 Å². The molecule has 0 saturated carbocycles. The second kappa shape index (κ2) is 6.98. The van der Waals surface area contributed by atoms with Crippen LogP contribution in [0.25, 0.3) is 22.8 Å². The van der Waals surface area contributed by atoms with Crippen LogP contribution in [-0.4, -0.2) is 18.4 Å². The molecule has 0 aliphatic carbocycles. The van der Waals surface area contributed by atoms with Crippen molar-refractivity contribution in [1.29, 1.82) is 0 Å². The number of nitrogens with one attached hydrogen (secondary N) is 1. The third-order valence-electron chi connectivity index (χ3n) is 3.82. The van der Waals surface area contributed by atoms with Gasteiger partial charge in [0.15, 0.2) is 10.9 Å². The van der Waals surface area contributed by atoms with Gasteiger partial charge in [0, 0.05) is 16.5 Å². The molecular weight excluding hydrogens is 382 g/mol. The summed E-state index contributed by atoms with van der Waals surface area (Å²) in [4.78, 5) is 8.55. The Balaban J connectivity index is 1.56. The van der Waals surface area contributed by atoms with Gasteiger partial charge in [-0.25, -0.2) is 18.4 Å². The number of aromatic nitrogens is 2. The Morgan fingerprint density at radius 1 is 1.00 bits per heavy atom. The Hall–Kier alpha value is -2.97. The van der Waals surface area contributed by atoms with Gasteiger partial charge < -0.3 is 4.42 Å². The summed E-state index contributed by atoms with van der Waals surface area (Å²) in [5.74, 6) is 1.09. The van der Waals surface area contributed by atoms with Crippen molar-refractivity contribution in [2.24, 2.45) is 0 Å². The van der Waals surface area contributed by atoms with E-state index in [1.807, 2.05) is 37.3 Å². The number of rotatable bonds is 5. The molecule has 0 bridgehead atoms. The smallest absolute Gasteiger partial charge is 0.263 e. The van der Waals surface area contributed by atoms with Gasteiger partial charge in [0.2, 0.25) is 5.89 Å². The van der Waals surface area contributed by atoms with E-state index in [9.17, 15) is 8.42 Å². The Labute approximate surface area is 160 Å². The van der Waals surface area contributed by atoms with E-state index >= 15 is 0 Å². The second-order valence-electron chi connectivity index (χ2n) is 5.82. The van der Waals surface area contributed by atoms with Crippen LogP contribution in [0.4, 0.5) is 5.13 Å². The molecule has 0 radical (unpaired) electrons. The van der Waals surface area contributed by atoms with E-state index in [1.54, 1.807) is 23.7 Å². The predicted molar refractivity (Wildman–Crippen MR) is 105 cm³/mol. The third kappa shape index (κ3) is 3.76. The normalized spacial score (nSPS) is 11.4. The minimum absolute atomic E-state index is 0.147. The number of hydrogen-bond donors (Lipinski definition) is 1. The minimum atomic E-state index is -3.69. The second-order valence-corrected chi connectivity index (χ2v) is 8.36. The number of benzene rings is 2. The molecule has 27 heavy (non-hydrogen) atoms. The van der Waals surface area contributed by atoms with Crippen molar-refractivity contribution in [1.82, 2.24) is 9.97 Å². The number of nitrogens with zero attached hydrogens (tertiary/aromatic N) is 2. The fourth-order valence-electron chi connectivity index (χ4n) is 2.49. The molecule has 0 aliphatic heterocycles. The summed E-state index contributed by atoms with van der Waals surface area (Å²) in [5, 5.41) is 2.13. The molecule has 4 rings (SSSR count). The minimum Gasteiger partial charge on any atom is -0.436 e. The number of aryl methyl sites for hydroxylation is 1. The van der Waals surface area contributed by atoms with E-state index in [0.29, 0.717) is 22.3 Å². The van der Waals surface area contributed by atoms with Crippen LogP contribution >= 0.6 is 11.3 Å². The lowest BCUT2D eigenvalue weighted by atomic mass is 10.2. The first-order valence-corrected chi connectivity index (χ1v) is 10.4. The average molecular weight is 397 g/mol. The van der Waals surface area contributed by atoms with E-state index in [2.05, 4.69) is 14.7 Å². The van der Waals surface area contributed by atoms with Gasteiger partial charge in [-0.2, -0.15) is 0 Å². The molecule has 6 nitrogen and oxygen atoms in total. The van der Waals surface area contributed by atoms with Gasteiger partial charge in [0.1, 0.15) is 0 Å². The molecule has 4 aromatic rings. The van der Waals surface area contributed by atoms with Crippen molar-refractivity contribution in [2.45, 2.75) is 11.8 Å². The number of oxazole rings is 1. The molecular formula is C19H15N3O3S2. The first-order valence-electron chi connectivity index (χ1n) is 8.08. The zero-order valence-corrected chi connectivity index (χ0v) is 15.9. The third-order valence-corrected chi connectivity index (χ3v) is 6.18. The van der Waals surface area contributed by atoms with Crippen LogP contribution in [0.5, 0.6) is 0 Å².